The summed E-state index contributed by atoms with van der Waals surface area (Å²) in [5, 5.41) is 11.4. The summed E-state index contributed by atoms with van der Waals surface area (Å²) >= 11 is 0. The Morgan fingerprint density at radius 3 is 2.76 bits per heavy atom. The molecule has 25 heavy (non-hydrogen) atoms. The number of hydrogen-bond acceptors (Lipinski definition) is 5. The van der Waals surface area contributed by atoms with E-state index in [0.29, 0.717) is 13.1 Å². The van der Waals surface area contributed by atoms with Gasteiger partial charge in [-0.05, 0) is 31.0 Å². The molecule has 1 aromatic heterocycles. The number of amides is 1. The smallest absolute Gasteiger partial charge is 0.256 e. The van der Waals surface area contributed by atoms with Crippen molar-refractivity contribution in [2.24, 2.45) is 0 Å². The van der Waals surface area contributed by atoms with Gasteiger partial charge in [0.05, 0.1) is 11.2 Å². The standard InChI is InChI=1S/C16H17N5O3S/c17-10-14-15(19-11-18-14)20-16(22)12-5-4-6-13(9-12)25(23,24)21-7-2-1-3-8-21/h4-6,9,11H,1-3,7-8H2,(H,18,19)(H,20,22). The average Bonchev–Trinajstić information content (AvgIpc) is 3.09. The maximum absolute atomic E-state index is 12.7. The summed E-state index contributed by atoms with van der Waals surface area (Å²) in [6, 6.07) is 7.75. The highest BCUT2D eigenvalue weighted by Gasteiger charge is 2.26. The lowest BCUT2D eigenvalue weighted by Gasteiger charge is -2.26. The summed E-state index contributed by atoms with van der Waals surface area (Å²) in [6.45, 7) is 0.995. The largest absolute Gasteiger partial charge is 0.335 e. The molecular weight excluding hydrogens is 342 g/mol. The van der Waals surface area contributed by atoms with Gasteiger partial charge in [-0.2, -0.15) is 9.57 Å². The van der Waals surface area contributed by atoms with Gasteiger partial charge in [-0.3, -0.25) is 4.79 Å². The van der Waals surface area contributed by atoms with Crippen molar-refractivity contribution in [3.63, 3.8) is 0 Å². The molecule has 2 aromatic rings. The first-order valence-electron chi connectivity index (χ1n) is 7.87. The minimum atomic E-state index is -3.61. The van der Waals surface area contributed by atoms with Gasteiger partial charge in [-0.25, -0.2) is 13.4 Å². The molecule has 1 aliphatic heterocycles. The average molecular weight is 359 g/mol. The second-order valence-corrected chi connectivity index (χ2v) is 7.62. The highest BCUT2D eigenvalue weighted by molar-refractivity contribution is 7.89. The van der Waals surface area contributed by atoms with Crippen LogP contribution in [0.5, 0.6) is 0 Å². The van der Waals surface area contributed by atoms with Crippen LogP contribution in [0.3, 0.4) is 0 Å². The van der Waals surface area contributed by atoms with Crippen LogP contribution >= 0.6 is 0 Å². The number of aromatic amines is 1. The monoisotopic (exact) mass is 359 g/mol. The number of imidazole rings is 1. The van der Waals surface area contributed by atoms with E-state index in [4.69, 9.17) is 5.26 Å². The van der Waals surface area contributed by atoms with Gasteiger partial charge in [0.1, 0.15) is 6.07 Å². The number of nitrogens with one attached hydrogen (secondary N) is 2. The zero-order chi connectivity index (χ0) is 17.9. The molecule has 8 nitrogen and oxygen atoms in total. The van der Waals surface area contributed by atoms with Crippen molar-refractivity contribution in [3.8, 4) is 6.07 Å². The molecule has 0 atom stereocenters. The molecule has 0 spiro atoms. The molecule has 1 amide bonds. The lowest BCUT2D eigenvalue weighted by molar-refractivity contribution is 0.102. The van der Waals surface area contributed by atoms with Crippen LogP contribution in [0.4, 0.5) is 5.82 Å². The molecule has 0 saturated carbocycles. The van der Waals surface area contributed by atoms with E-state index in [1.807, 2.05) is 6.07 Å². The normalized spacial score (nSPS) is 15.5. The fourth-order valence-corrected chi connectivity index (χ4v) is 4.27. The summed E-state index contributed by atoms with van der Waals surface area (Å²) in [5.74, 6) is -0.420. The maximum atomic E-state index is 12.7. The van der Waals surface area contributed by atoms with Gasteiger partial charge in [-0.1, -0.05) is 12.5 Å². The molecule has 1 aliphatic rings. The van der Waals surface area contributed by atoms with Gasteiger partial charge in [0.25, 0.3) is 5.91 Å². The van der Waals surface area contributed by atoms with Gasteiger partial charge < -0.3 is 10.3 Å². The number of nitrogens with zero attached hydrogens (tertiary/aromatic N) is 3. The van der Waals surface area contributed by atoms with Crippen LogP contribution in [0.2, 0.25) is 0 Å². The van der Waals surface area contributed by atoms with E-state index >= 15 is 0 Å². The number of carbonyl (C=O) groups is 1. The minimum absolute atomic E-state index is 0.0876. The van der Waals surface area contributed by atoms with E-state index in [-0.39, 0.29) is 22.0 Å². The van der Waals surface area contributed by atoms with Crippen LogP contribution in [0.15, 0.2) is 35.5 Å². The number of anilines is 1. The number of benzene rings is 1. The molecule has 1 saturated heterocycles. The number of nitriles is 1. The molecule has 1 fully saturated rings. The van der Waals surface area contributed by atoms with Crippen molar-refractivity contribution in [2.45, 2.75) is 24.2 Å². The Kier molecular flexibility index (Phi) is 4.83. The topological polar surface area (TPSA) is 119 Å². The third kappa shape index (κ3) is 3.55. The number of piperidine rings is 1. The second kappa shape index (κ2) is 7.04. The minimum Gasteiger partial charge on any atom is -0.335 e. The van der Waals surface area contributed by atoms with Gasteiger partial charge in [0, 0.05) is 18.7 Å². The van der Waals surface area contributed by atoms with Crippen LogP contribution in [-0.4, -0.2) is 41.7 Å². The van der Waals surface area contributed by atoms with Crippen LogP contribution in [0, 0.1) is 11.3 Å². The van der Waals surface area contributed by atoms with Gasteiger partial charge in [0.15, 0.2) is 11.5 Å². The third-order valence-electron chi connectivity index (χ3n) is 4.03. The molecule has 9 heteroatoms. The lowest BCUT2D eigenvalue weighted by atomic mass is 10.2. The van der Waals surface area contributed by atoms with Crippen molar-refractivity contribution in [2.75, 3.05) is 18.4 Å². The van der Waals surface area contributed by atoms with Crippen molar-refractivity contribution < 1.29 is 13.2 Å². The summed E-state index contributed by atoms with van der Waals surface area (Å²) < 4.78 is 26.9. The van der Waals surface area contributed by atoms with E-state index in [0.717, 1.165) is 19.3 Å². The van der Waals surface area contributed by atoms with Crippen molar-refractivity contribution in [1.29, 1.82) is 5.26 Å². The summed E-state index contributed by atoms with van der Waals surface area (Å²) in [7, 11) is -3.61. The summed E-state index contributed by atoms with van der Waals surface area (Å²) in [6.07, 6.45) is 4.01. The number of carbonyl (C=O) groups excluding carboxylic acids is 1. The van der Waals surface area contributed by atoms with Gasteiger partial charge >= 0.3 is 0 Å². The molecule has 0 unspecified atom stereocenters. The first-order chi connectivity index (χ1) is 12.0. The highest BCUT2D eigenvalue weighted by Crippen LogP contribution is 2.21. The number of sulfonamides is 1. The zero-order valence-corrected chi connectivity index (χ0v) is 14.2. The Morgan fingerprint density at radius 1 is 1.28 bits per heavy atom. The number of rotatable bonds is 4. The second-order valence-electron chi connectivity index (χ2n) is 5.68. The Morgan fingerprint density at radius 2 is 2.04 bits per heavy atom. The predicted molar refractivity (Wildman–Crippen MR) is 90.3 cm³/mol. The lowest BCUT2D eigenvalue weighted by Crippen LogP contribution is -2.35. The van der Waals surface area contributed by atoms with Crippen molar-refractivity contribution in [3.05, 3.63) is 41.9 Å². The predicted octanol–water partition coefficient (Wildman–Crippen LogP) is 1.71. The molecule has 0 aliphatic carbocycles. The number of hydrogen-bond donors (Lipinski definition) is 2. The Hall–Kier alpha value is -2.70. The highest BCUT2D eigenvalue weighted by atomic mass is 32.2. The first kappa shape index (κ1) is 17.1. The zero-order valence-electron chi connectivity index (χ0n) is 13.4. The third-order valence-corrected chi connectivity index (χ3v) is 5.93. The van der Waals surface area contributed by atoms with Crippen LogP contribution in [-0.2, 0) is 10.0 Å². The SMILES string of the molecule is N#Cc1[nH]cnc1NC(=O)c1cccc(S(=O)(=O)N2CCCCC2)c1. The van der Waals surface area contributed by atoms with E-state index in [9.17, 15) is 13.2 Å². The summed E-state index contributed by atoms with van der Waals surface area (Å²) in [5.41, 5.74) is 0.315. The van der Waals surface area contributed by atoms with E-state index in [2.05, 4.69) is 15.3 Å². The molecule has 0 bridgehead atoms. The van der Waals surface area contributed by atoms with Crippen LogP contribution in [0.1, 0.15) is 35.3 Å². The summed E-state index contributed by atoms with van der Waals surface area (Å²) in [4.78, 5) is 18.9. The molecule has 1 aromatic carbocycles. The van der Waals surface area contributed by atoms with Gasteiger partial charge in [0.2, 0.25) is 10.0 Å². The van der Waals surface area contributed by atoms with Crippen molar-refractivity contribution in [1.82, 2.24) is 14.3 Å². The Balaban J connectivity index is 1.84. The molecule has 0 radical (unpaired) electrons. The molecule has 130 valence electrons. The number of H-pyrrole nitrogens is 1. The van der Waals surface area contributed by atoms with E-state index in [1.54, 1.807) is 0 Å². The quantitative estimate of drug-likeness (QED) is 0.861. The maximum Gasteiger partial charge on any atom is 0.256 e. The first-order valence-corrected chi connectivity index (χ1v) is 9.31. The number of aromatic nitrogens is 2. The van der Waals surface area contributed by atoms with Crippen LogP contribution < -0.4 is 5.32 Å². The van der Waals surface area contributed by atoms with E-state index in [1.165, 1.54) is 34.9 Å². The van der Waals surface area contributed by atoms with E-state index < -0.39 is 15.9 Å². The fourth-order valence-electron chi connectivity index (χ4n) is 2.71. The molecule has 3 rings (SSSR count). The Bertz CT molecular complexity index is 923. The molecule has 2 heterocycles. The van der Waals surface area contributed by atoms with Crippen molar-refractivity contribution >= 4 is 21.7 Å². The fraction of sp³-hybridized carbons (Fsp3) is 0.312. The Labute approximate surface area is 145 Å². The van der Waals surface area contributed by atoms with Gasteiger partial charge in [-0.15, -0.1) is 0 Å². The molecular formula is C16H17N5O3S. The molecule has 2 N–H and O–H groups in total. The van der Waals surface area contributed by atoms with Crippen LogP contribution in [0.25, 0.3) is 0 Å².